The van der Waals surface area contributed by atoms with Gasteiger partial charge in [0.15, 0.2) is 0 Å². The Balaban J connectivity index is 2.23. The van der Waals surface area contributed by atoms with Crippen molar-refractivity contribution in [3.63, 3.8) is 0 Å². The fraction of sp³-hybridized carbons (Fsp3) is 0.375. The van der Waals surface area contributed by atoms with Crippen LogP contribution >= 0.6 is 0 Å². The molecule has 1 fully saturated rings. The first kappa shape index (κ1) is 25.6. The molecule has 9 heteroatoms. The molecule has 0 aliphatic carbocycles. The van der Waals surface area contributed by atoms with Gasteiger partial charge in [-0.3, -0.25) is 4.79 Å². The number of ether oxygens (including phenoxy) is 2. The molecular weight excluding hydrogens is 429 g/mol. The third-order valence-electron chi connectivity index (χ3n) is 5.29. The topological polar surface area (TPSA) is 97.0 Å². The quantitative estimate of drug-likeness (QED) is 0.335. The third kappa shape index (κ3) is 6.68. The van der Waals surface area contributed by atoms with Gasteiger partial charge in [0.05, 0.1) is 13.7 Å². The highest BCUT2D eigenvalue weighted by molar-refractivity contribution is 5.96. The van der Waals surface area contributed by atoms with Crippen LogP contribution in [0.5, 0.6) is 0 Å². The minimum Gasteiger partial charge on any atom is -0.497 e. The molecule has 1 aliphatic rings. The van der Waals surface area contributed by atoms with Crippen LogP contribution in [0, 0.1) is 11.7 Å². The number of hydrogen-bond acceptors (Lipinski definition) is 5. The van der Waals surface area contributed by atoms with Crippen molar-refractivity contribution in [1.29, 1.82) is 0 Å². The highest BCUT2D eigenvalue weighted by Gasteiger charge is 2.45. The lowest BCUT2D eigenvalue weighted by atomic mass is 9.94. The number of hydrogen-bond donors (Lipinski definition) is 2. The van der Waals surface area contributed by atoms with Gasteiger partial charge < -0.3 is 25.0 Å². The van der Waals surface area contributed by atoms with Gasteiger partial charge in [0.1, 0.15) is 23.7 Å². The number of rotatable bonds is 9. The van der Waals surface area contributed by atoms with Crippen LogP contribution in [0.4, 0.5) is 14.9 Å². The summed E-state index contributed by atoms with van der Waals surface area (Å²) in [4.78, 5) is 39.4. The molecule has 2 rings (SSSR count). The van der Waals surface area contributed by atoms with E-state index in [2.05, 4.69) is 17.2 Å². The maximum absolute atomic E-state index is 13.2. The molecule has 8 nitrogen and oxygen atoms in total. The smallest absolute Gasteiger partial charge is 0.328 e. The maximum Gasteiger partial charge on any atom is 0.328 e. The normalized spacial score (nSPS) is 19.4. The van der Waals surface area contributed by atoms with Crippen LogP contribution in [-0.4, -0.2) is 55.2 Å². The van der Waals surface area contributed by atoms with Crippen molar-refractivity contribution in [3.05, 3.63) is 66.2 Å². The van der Waals surface area contributed by atoms with Crippen LogP contribution < -0.4 is 10.6 Å². The van der Waals surface area contributed by atoms with Gasteiger partial charge in [-0.1, -0.05) is 12.7 Å². The van der Waals surface area contributed by atoms with E-state index in [1.165, 1.54) is 36.3 Å². The second kappa shape index (κ2) is 11.8. The standard InChI is InChI=1S/C24H30FN3O5/c1-6-19(32-5)13-8-15(3)20-14-28(16(4)23(30)33-7-2)22(29)21(20)27-24(31)26-18-11-9-17(25)10-12-18/h6,8-13,16,20-21H,3,7,14H2,1-2,4-5H3,(H2,26,27,31)/b13-8-,19-6+/t16?,20-,21-/m0/s1. The number of halogens is 1. The van der Waals surface area contributed by atoms with Crippen LogP contribution in [0.1, 0.15) is 20.8 Å². The lowest BCUT2D eigenvalue weighted by Crippen LogP contribution is -2.48. The predicted octanol–water partition coefficient (Wildman–Crippen LogP) is 3.39. The number of methoxy groups -OCH3 is 1. The first-order chi connectivity index (χ1) is 15.7. The number of benzene rings is 1. The average Bonchev–Trinajstić information content (AvgIpc) is 3.11. The number of nitrogens with one attached hydrogen (secondary N) is 2. The van der Waals surface area contributed by atoms with Gasteiger partial charge in [0, 0.05) is 18.2 Å². The molecule has 3 atom stereocenters. The fourth-order valence-corrected chi connectivity index (χ4v) is 3.43. The number of carbonyl (C=O) groups is 3. The monoisotopic (exact) mass is 459 g/mol. The first-order valence-corrected chi connectivity index (χ1v) is 10.6. The van der Waals surface area contributed by atoms with E-state index in [-0.39, 0.29) is 13.2 Å². The molecule has 1 aromatic rings. The van der Waals surface area contributed by atoms with Gasteiger partial charge >= 0.3 is 12.0 Å². The highest BCUT2D eigenvalue weighted by Crippen LogP contribution is 2.28. The van der Waals surface area contributed by atoms with Crippen molar-refractivity contribution < 1.29 is 28.2 Å². The van der Waals surface area contributed by atoms with Gasteiger partial charge in [-0.05, 0) is 62.8 Å². The number of likely N-dealkylation sites (tertiary alicyclic amines) is 1. The number of allylic oxidation sites excluding steroid dienone is 3. The molecule has 1 aliphatic heterocycles. The van der Waals surface area contributed by atoms with Crippen molar-refractivity contribution in [2.45, 2.75) is 32.9 Å². The molecule has 33 heavy (non-hydrogen) atoms. The Hall–Kier alpha value is -3.62. The summed E-state index contributed by atoms with van der Waals surface area (Å²) in [6.07, 6.45) is 5.19. The van der Waals surface area contributed by atoms with Crippen LogP contribution in [0.2, 0.25) is 0 Å². The van der Waals surface area contributed by atoms with Crippen molar-refractivity contribution in [1.82, 2.24) is 10.2 Å². The van der Waals surface area contributed by atoms with E-state index in [4.69, 9.17) is 9.47 Å². The minimum absolute atomic E-state index is 0.168. The predicted molar refractivity (Wildman–Crippen MR) is 123 cm³/mol. The summed E-state index contributed by atoms with van der Waals surface area (Å²) in [5.74, 6) is -1.29. The van der Waals surface area contributed by atoms with Gasteiger partial charge in [0.2, 0.25) is 5.91 Å². The summed E-state index contributed by atoms with van der Waals surface area (Å²) < 4.78 is 23.4. The molecule has 0 aromatic heterocycles. The maximum atomic E-state index is 13.2. The molecule has 1 saturated heterocycles. The lowest BCUT2D eigenvalue weighted by molar-refractivity contribution is -0.152. The third-order valence-corrected chi connectivity index (χ3v) is 5.29. The Morgan fingerprint density at radius 1 is 1.30 bits per heavy atom. The summed E-state index contributed by atoms with van der Waals surface area (Å²) in [7, 11) is 1.54. The Bertz CT molecular complexity index is 942. The SMILES string of the molecule is C=C(/C=C\C(=C/C)OC)[C@@H]1CN(C(C)C(=O)OCC)C(=O)[C@H]1NC(=O)Nc1ccc(F)cc1. The zero-order valence-electron chi connectivity index (χ0n) is 19.3. The second-order valence-corrected chi connectivity index (χ2v) is 7.41. The fourth-order valence-electron chi connectivity index (χ4n) is 3.43. The van der Waals surface area contributed by atoms with Gasteiger partial charge in [-0.2, -0.15) is 0 Å². The van der Waals surface area contributed by atoms with E-state index in [1.807, 2.05) is 6.92 Å². The molecule has 3 amide bonds. The van der Waals surface area contributed by atoms with E-state index in [0.29, 0.717) is 17.0 Å². The lowest BCUT2D eigenvalue weighted by Gasteiger charge is -2.23. The molecular formula is C24H30FN3O5. The summed E-state index contributed by atoms with van der Waals surface area (Å²) in [6, 6.07) is 2.81. The van der Waals surface area contributed by atoms with E-state index in [1.54, 1.807) is 32.1 Å². The number of esters is 1. The van der Waals surface area contributed by atoms with E-state index >= 15 is 0 Å². The van der Waals surface area contributed by atoms with Crippen LogP contribution in [0.3, 0.4) is 0 Å². The number of nitrogens with zero attached hydrogens (tertiary/aromatic N) is 1. The van der Waals surface area contributed by atoms with Crippen molar-refractivity contribution >= 4 is 23.6 Å². The Kier molecular flexibility index (Phi) is 9.20. The Labute approximate surface area is 193 Å². The number of carbonyl (C=O) groups excluding carboxylic acids is 3. The summed E-state index contributed by atoms with van der Waals surface area (Å²) in [5.41, 5.74) is 0.939. The molecule has 1 heterocycles. The van der Waals surface area contributed by atoms with E-state index in [0.717, 1.165) is 0 Å². The first-order valence-electron chi connectivity index (χ1n) is 10.6. The molecule has 0 spiro atoms. The zero-order chi connectivity index (χ0) is 24.5. The van der Waals surface area contributed by atoms with Crippen LogP contribution in [0.25, 0.3) is 0 Å². The zero-order valence-corrected chi connectivity index (χ0v) is 19.3. The molecule has 0 saturated carbocycles. The summed E-state index contributed by atoms with van der Waals surface area (Å²) >= 11 is 0. The second-order valence-electron chi connectivity index (χ2n) is 7.41. The highest BCUT2D eigenvalue weighted by atomic mass is 19.1. The molecule has 1 aromatic carbocycles. The van der Waals surface area contributed by atoms with E-state index < -0.39 is 41.7 Å². The average molecular weight is 460 g/mol. The van der Waals surface area contributed by atoms with Crippen molar-refractivity contribution in [3.8, 4) is 0 Å². The Morgan fingerprint density at radius 3 is 2.55 bits per heavy atom. The van der Waals surface area contributed by atoms with Crippen molar-refractivity contribution in [2.75, 3.05) is 25.6 Å². The van der Waals surface area contributed by atoms with E-state index in [9.17, 15) is 18.8 Å². The Morgan fingerprint density at radius 2 is 1.97 bits per heavy atom. The molecule has 178 valence electrons. The summed E-state index contributed by atoms with van der Waals surface area (Å²) in [5, 5.41) is 5.24. The van der Waals surface area contributed by atoms with Gasteiger partial charge in [-0.15, -0.1) is 0 Å². The molecule has 1 unspecified atom stereocenters. The molecule has 0 radical (unpaired) electrons. The van der Waals surface area contributed by atoms with Gasteiger partial charge in [-0.25, -0.2) is 14.0 Å². The molecule has 2 N–H and O–H groups in total. The minimum atomic E-state index is -0.962. The van der Waals surface area contributed by atoms with Gasteiger partial charge in [0.25, 0.3) is 0 Å². The molecule has 0 bridgehead atoms. The number of urea groups is 1. The summed E-state index contributed by atoms with van der Waals surface area (Å²) in [6.45, 7) is 9.50. The largest absolute Gasteiger partial charge is 0.497 e. The van der Waals surface area contributed by atoms with Crippen LogP contribution in [0.15, 0.2) is 60.4 Å². The number of anilines is 1. The van der Waals surface area contributed by atoms with Crippen molar-refractivity contribution in [2.24, 2.45) is 5.92 Å². The number of amides is 3. The van der Waals surface area contributed by atoms with Crippen LogP contribution in [-0.2, 0) is 19.1 Å².